The molecule has 0 heterocycles. The van der Waals surface area contributed by atoms with Gasteiger partial charge in [-0.05, 0) is 46.1 Å². The van der Waals surface area contributed by atoms with Gasteiger partial charge in [0.05, 0.1) is 5.60 Å². The average Bonchev–Trinajstić information content (AvgIpc) is 2.04. The SMILES string of the molecule is CCC(C)(C)OCCCCCN. The van der Waals surface area contributed by atoms with Crippen molar-refractivity contribution in [2.24, 2.45) is 5.73 Å². The molecule has 0 aromatic rings. The van der Waals surface area contributed by atoms with Gasteiger partial charge in [-0.3, -0.25) is 0 Å². The summed E-state index contributed by atoms with van der Waals surface area (Å²) in [7, 11) is 0. The Bertz CT molecular complexity index is 102. The maximum Gasteiger partial charge on any atom is 0.0623 e. The normalized spacial score (nSPS) is 12.0. The summed E-state index contributed by atoms with van der Waals surface area (Å²) in [5.74, 6) is 0. The van der Waals surface area contributed by atoms with Crippen LogP contribution in [0.2, 0.25) is 0 Å². The molecule has 74 valence electrons. The van der Waals surface area contributed by atoms with E-state index in [1.54, 1.807) is 0 Å². The molecule has 0 aliphatic rings. The van der Waals surface area contributed by atoms with Gasteiger partial charge in [-0.25, -0.2) is 0 Å². The minimum absolute atomic E-state index is 0.0582. The van der Waals surface area contributed by atoms with Gasteiger partial charge >= 0.3 is 0 Å². The van der Waals surface area contributed by atoms with Gasteiger partial charge in [0.1, 0.15) is 0 Å². The smallest absolute Gasteiger partial charge is 0.0623 e. The summed E-state index contributed by atoms with van der Waals surface area (Å²) in [6.45, 7) is 8.10. The number of rotatable bonds is 7. The topological polar surface area (TPSA) is 35.2 Å². The molecule has 0 aliphatic heterocycles. The predicted octanol–water partition coefficient (Wildman–Crippen LogP) is 2.32. The van der Waals surface area contributed by atoms with E-state index in [1.807, 2.05) is 0 Å². The Balaban J connectivity index is 3.19. The van der Waals surface area contributed by atoms with Crippen molar-refractivity contribution in [2.45, 2.75) is 52.1 Å². The van der Waals surface area contributed by atoms with Crippen LogP contribution in [0.3, 0.4) is 0 Å². The van der Waals surface area contributed by atoms with Gasteiger partial charge in [0.25, 0.3) is 0 Å². The first kappa shape index (κ1) is 11.9. The van der Waals surface area contributed by atoms with Gasteiger partial charge in [0.2, 0.25) is 0 Å². The van der Waals surface area contributed by atoms with Crippen LogP contribution in [0.4, 0.5) is 0 Å². The van der Waals surface area contributed by atoms with E-state index in [2.05, 4.69) is 20.8 Å². The fourth-order valence-corrected chi connectivity index (χ4v) is 0.874. The Hall–Kier alpha value is -0.0800. The number of nitrogens with two attached hydrogens (primary N) is 1. The van der Waals surface area contributed by atoms with E-state index in [-0.39, 0.29) is 5.60 Å². The first-order valence-corrected chi connectivity index (χ1v) is 4.96. The molecule has 0 aromatic carbocycles. The van der Waals surface area contributed by atoms with Gasteiger partial charge in [-0.2, -0.15) is 0 Å². The number of ether oxygens (including phenoxy) is 1. The molecule has 2 nitrogen and oxygen atoms in total. The average molecular weight is 173 g/mol. The fraction of sp³-hybridized carbons (Fsp3) is 1.00. The van der Waals surface area contributed by atoms with Gasteiger partial charge in [-0.1, -0.05) is 6.92 Å². The van der Waals surface area contributed by atoms with Gasteiger partial charge in [-0.15, -0.1) is 0 Å². The van der Waals surface area contributed by atoms with Crippen LogP contribution in [0.15, 0.2) is 0 Å². The van der Waals surface area contributed by atoms with Gasteiger partial charge in [0.15, 0.2) is 0 Å². The standard InChI is InChI=1S/C10H23NO/c1-4-10(2,3)12-9-7-5-6-8-11/h4-9,11H2,1-3H3. The molecule has 2 heteroatoms. The molecule has 0 aromatic heterocycles. The maximum atomic E-state index is 5.68. The van der Waals surface area contributed by atoms with Crippen LogP contribution >= 0.6 is 0 Å². The Morgan fingerprint density at radius 3 is 2.33 bits per heavy atom. The molecule has 0 radical (unpaired) electrons. The van der Waals surface area contributed by atoms with Crippen molar-refractivity contribution in [3.8, 4) is 0 Å². The lowest BCUT2D eigenvalue weighted by molar-refractivity contribution is -0.0216. The van der Waals surface area contributed by atoms with Crippen molar-refractivity contribution >= 4 is 0 Å². The van der Waals surface area contributed by atoms with Crippen LogP contribution in [0.5, 0.6) is 0 Å². The van der Waals surface area contributed by atoms with Gasteiger partial charge < -0.3 is 10.5 Å². The third-order valence-corrected chi connectivity index (χ3v) is 2.19. The highest BCUT2D eigenvalue weighted by Gasteiger charge is 2.13. The lowest BCUT2D eigenvalue weighted by atomic mass is 10.1. The minimum atomic E-state index is 0.0582. The van der Waals surface area contributed by atoms with Crippen molar-refractivity contribution in [1.82, 2.24) is 0 Å². The molecule has 0 saturated heterocycles. The lowest BCUT2D eigenvalue weighted by Gasteiger charge is -2.23. The lowest BCUT2D eigenvalue weighted by Crippen LogP contribution is -2.23. The first-order chi connectivity index (χ1) is 5.62. The largest absolute Gasteiger partial charge is 0.376 e. The van der Waals surface area contributed by atoms with Crippen molar-refractivity contribution in [3.63, 3.8) is 0 Å². The maximum absolute atomic E-state index is 5.68. The summed E-state index contributed by atoms with van der Waals surface area (Å²) < 4.78 is 5.68. The summed E-state index contributed by atoms with van der Waals surface area (Å²) in [5.41, 5.74) is 5.44. The van der Waals surface area contributed by atoms with Crippen molar-refractivity contribution < 1.29 is 4.74 Å². The molecule has 0 amide bonds. The highest BCUT2D eigenvalue weighted by atomic mass is 16.5. The molecule has 0 aliphatic carbocycles. The van der Waals surface area contributed by atoms with E-state index >= 15 is 0 Å². The van der Waals surface area contributed by atoms with Gasteiger partial charge in [0, 0.05) is 6.61 Å². The highest BCUT2D eigenvalue weighted by Crippen LogP contribution is 2.13. The van der Waals surface area contributed by atoms with E-state index in [4.69, 9.17) is 10.5 Å². The number of unbranched alkanes of at least 4 members (excludes halogenated alkanes) is 2. The van der Waals surface area contributed by atoms with Crippen LogP contribution in [-0.2, 0) is 4.74 Å². The van der Waals surface area contributed by atoms with Crippen LogP contribution in [0.25, 0.3) is 0 Å². The fourth-order valence-electron chi connectivity index (χ4n) is 0.874. The molecule has 0 bridgehead atoms. The second-order valence-electron chi connectivity index (χ2n) is 3.81. The minimum Gasteiger partial charge on any atom is -0.376 e. The van der Waals surface area contributed by atoms with Crippen LogP contribution < -0.4 is 5.73 Å². The molecule has 0 spiro atoms. The molecular weight excluding hydrogens is 150 g/mol. The molecule has 0 fully saturated rings. The van der Waals surface area contributed by atoms with Crippen LogP contribution in [0.1, 0.15) is 46.5 Å². The second kappa shape index (κ2) is 6.44. The third-order valence-electron chi connectivity index (χ3n) is 2.19. The predicted molar refractivity (Wildman–Crippen MR) is 53.2 cm³/mol. The summed E-state index contributed by atoms with van der Waals surface area (Å²) >= 11 is 0. The Labute approximate surface area is 76.5 Å². The molecule has 0 unspecified atom stereocenters. The summed E-state index contributed by atoms with van der Waals surface area (Å²) in [6, 6.07) is 0. The zero-order valence-electron chi connectivity index (χ0n) is 8.73. The molecule has 12 heavy (non-hydrogen) atoms. The van der Waals surface area contributed by atoms with Crippen LogP contribution in [0, 0.1) is 0 Å². The Kier molecular flexibility index (Phi) is 6.39. The van der Waals surface area contributed by atoms with E-state index in [9.17, 15) is 0 Å². The zero-order valence-corrected chi connectivity index (χ0v) is 8.73. The second-order valence-corrected chi connectivity index (χ2v) is 3.81. The van der Waals surface area contributed by atoms with Crippen molar-refractivity contribution in [2.75, 3.05) is 13.2 Å². The van der Waals surface area contributed by atoms with Crippen molar-refractivity contribution in [1.29, 1.82) is 0 Å². The number of hydrogen-bond acceptors (Lipinski definition) is 2. The van der Waals surface area contributed by atoms with Crippen molar-refractivity contribution in [3.05, 3.63) is 0 Å². The molecular formula is C10H23NO. The van der Waals surface area contributed by atoms with E-state index in [0.29, 0.717) is 0 Å². The third kappa shape index (κ3) is 6.62. The molecule has 0 atom stereocenters. The Morgan fingerprint density at radius 2 is 1.83 bits per heavy atom. The molecule has 2 N–H and O–H groups in total. The summed E-state index contributed by atoms with van der Waals surface area (Å²) in [5, 5.41) is 0. The van der Waals surface area contributed by atoms with E-state index in [1.165, 1.54) is 6.42 Å². The Morgan fingerprint density at radius 1 is 1.17 bits per heavy atom. The quantitative estimate of drug-likeness (QED) is 0.600. The highest BCUT2D eigenvalue weighted by molar-refractivity contribution is 4.64. The van der Waals surface area contributed by atoms with E-state index in [0.717, 1.165) is 32.4 Å². The summed E-state index contributed by atoms with van der Waals surface area (Å²) in [6.07, 6.45) is 4.52. The monoisotopic (exact) mass is 173 g/mol. The molecule has 0 rings (SSSR count). The van der Waals surface area contributed by atoms with E-state index < -0.39 is 0 Å². The summed E-state index contributed by atoms with van der Waals surface area (Å²) in [4.78, 5) is 0. The van der Waals surface area contributed by atoms with Crippen LogP contribution in [-0.4, -0.2) is 18.8 Å². The first-order valence-electron chi connectivity index (χ1n) is 4.96. The number of hydrogen-bond donors (Lipinski definition) is 1. The zero-order chi connectivity index (χ0) is 9.45. The molecule has 0 saturated carbocycles.